The minimum absolute atomic E-state index is 0.142. The van der Waals surface area contributed by atoms with Crippen molar-refractivity contribution in [3.8, 4) is 11.4 Å². The van der Waals surface area contributed by atoms with E-state index in [0.717, 1.165) is 36.4 Å². The average Bonchev–Trinajstić information content (AvgIpc) is 3.05. The zero-order valence-corrected chi connectivity index (χ0v) is 17.3. The quantitative estimate of drug-likeness (QED) is 0.548. The average molecular weight is 421 g/mol. The van der Waals surface area contributed by atoms with Crippen LogP contribution in [0.3, 0.4) is 0 Å². The molecule has 0 radical (unpaired) electrons. The van der Waals surface area contributed by atoms with Crippen molar-refractivity contribution >= 4 is 22.5 Å². The predicted molar refractivity (Wildman–Crippen MR) is 118 cm³/mol. The van der Waals surface area contributed by atoms with Crippen LogP contribution in [0.15, 0.2) is 59.7 Å². The molecule has 0 bridgehead atoms. The Morgan fingerprint density at radius 2 is 2.10 bits per heavy atom. The summed E-state index contributed by atoms with van der Waals surface area (Å²) in [6.07, 6.45) is 4.34. The number of rotatable bonds is 4. The van der Waals surface area contributed by atoms with Crippen molar-refractivity contribution in [2.45, 2.75) is 19.6 Å². The van der Waals surface area contributed by atoms with Gasteiger partial charge in [-0.1, -0.05) is 17.7 Å². The lowest BCUT2D eigenvalue weighted by molar-refractivity contribution is 0.300. The minimum Gasteiger partial charge on any atom is -0.487 e. The monoisotopic (exact) mass is 420 g/mol. The molecule has 1 aliphatic rings. The Labute approximate surface area is 178 Å². The van der Waals surface area contributed by atoms with Crippen molar-refractivity contribution < 1.29 is 4.74 Å². The van der Waals surface area contributed by atoms with E-state index in [1.165, 1.54) is 22.7 Å². The van der Waals surface area contributed by atoms with Crippen LogP contribution >= 0.6 is 11.6 Å². The van der Waals surface area contributed by atoms with E-state index < -0.39 is 0 Å². The molecule has 0 fully saturated rings. The zero-order valence-electron chi connectivity index (χ0n) is 16.6. The number of hydrogen-bond donors (Lipinski definition) is 1. The van der Waals surface area contributed by atoms with Crippen LogP contribution in [-0.2, 0) is 26.6 Å². The van der Waals surface area contributed by atoms with E-state index in [-0.39, 0.29) is 12.2 Å². The third-order valence-corrected chi connectivity index (χ3v) is 5.83. The maximum Gasteiger partial charge on any atom is 0.258 e. The molecule has 0 spiro atoms. The maximum atomic E-state index is 12.7. The van der Waals surface area contributed by atoms with Gasteiger partial charge >= 0.3 is 0 Å². The molecular formula is C23H21ClN4O2. The van der Waals surface area contributed by atoms with Gasteiger partial charge in [-0.15, -0.1) is 0 Å². The minimum atomic E-state index is -0.142. The Morgan fingerprint density at radius 1 is 1.20 bits per heavy atom. The molecule has 0 atom stereocenters. The number of hydrogen-bond acceptors (Lipinski definition) is 4. The molecular weight excluding hydrogens is 400 g/mol. The summed E-state index contributed by atoms with van der Waals surface area (Å²) >= 11 is 5.85. The third kappa shape index (κ3) is 3.38. The molecule has 0 unspecified atom stereocenters. The number of halogens is 1. The van der Waals surface area contributed by atoms with Crippen LogP contribution in [0.25, 0.3) is 16.6 Å². The van der Waals surface area contributed by atoms with Gasteiger partial charge < -0.3 is 14.6 Å². The van der Waals surface area contributed by atoms with Crippen molar-refractivity contribution in [2.24, 2.45) is 7.05 Å². The Hall–Kier alpha value is -3.09. The van der Waals surface area contributed by atoms with E-state index in [9.17, 15) is 4.79 Å². The molecule has 1 N–H and O–H groups in total. The SMILES string of the molecule is Cn1c2c(c3ccc(-n4ccc(OCc5ccc(Cl)cn5)cc4=O)cc31)CNCC2. The number of ether oxygens (including phenoxy) is 1. The molecule has 3 aromatic heterocycles. The van der Waals surface area contributed by atoms with Crippen LogP contribution in [-0.4, -0.2) is 20.7 Å². The van der Waals surface area contributed by atoms with Crippen molar-refractivity contribution in [3.63, 3.8) is 0 Å². The summed E-state index contributed by atoms with van der Waals surface area (Å²) in [4.78, 5) is 16.9. The number of fused-ring (bicyclic) bond motifs is 3. The van der Waals surface area contributed by atoms with Gasteiger partial charge in [-0.3, -0.25) is 14.3 Å². The number of aryl methyl sites for hydroxylation is 1. The lowest BCUT2D eigenvalue weighted by Gasteiger charge is -2.14. The van der Waals surface area contributed by atoms with Gasteiger partial charge in [-0.2, -0.15) is 0 Å². The first-order valence-electron chi connectivity index (χ1n) is 9.87. The van der Waals surface area contributed by atoms with Crippen molar-refractivity contribution in [2.75, 3.05) is 6.54 Å². The van der Waals surface area contributed by atoms with E-state index in [4.69, 9.17) is 16.3 Å². The van der Waals surface area contributed by atoms with Gasteiger partial charge in [-0.05, 0) is 35.9 Å². The topological polar surface area (TPSA) is 61.1 Å². The molecule has 4 heterocycles. The zero-order chi connectivity index (χ0) is 20.7. The molecule has 30 heavy (non-hydrogen) atoms. The molecule has 0 saturated heterocycles. The van der Waals surface area contributed by atoms with Crippen molar-refractivity contribution in [1.82, 2.24) is 19.4 Å². The highest BCUT2D eigenvalue weighted by Crippen LogP contribution is 2.29. The summed E-state index contributed by atoms with van der Waals surface area (Å²) in [6, 6.07) is 13.0. The predicted octanol–water partition coefficient (Wildman–Crippen LogP) is 3.60. The second kappa shape index (κ2) is 7.63. The van der Waals surface area contributed by atoms with E-state index in [1.807, 2.05) is 6.07 Å². The molecule has 1 aromatic carbocycles. The van der Waals surface area contributed by atoms with E-state index in [2.05, 4.69) is 34.0 Å². The fourth-order valence-corrected chi connectivity index (χ4v) is 4.17. The lowest BCUT2D eigenvalue weighted by atomic mass is 10.1. The van der Waals surface area contributed by atoms with Gasteiger partial charge in [0.25, 0.3) is 5.56 Å². The molecule has 0 saturated carbocycles. The first-order chi connectivity index (χ1) is 14.6. The summed E-state index contributed by atoms with van der Waals surface area (Å²) in [5.74, 6) is 0.509. The normalized spacial score (nSPS) is 13.4. The van der Waals surface area contributed by atoms with Crippen LogP contribution in [0.2, 0.25) is 5.02 Å². The lowest BCUT2D eigenvalue weighted by Crippen LogP contribution is -2.24. The highest BCUT2D eigenvalue weighted by Gasteiger charge is 2.18. The summed E-state index contributed by atoms with van der Waals surface area (Å²) in [6.45, 7) is 2.16. The Morgan fingerprint density at radius 3 is 2.90 bits per heavy atom. The molecule has 5 rings (SSSR count). The van der Waals surface area contributed by atoms with Crippen LogP contribution < -0.4 is 15.6 Å². The first kappa shape index (κ1) is 18.9. The number of nitrogens with one attached hydrogen (secondary N) is 1. The molecule has 0 amide bonds. The van der Waals surface area contributed by atoms with Gasteiger partial charge in [-0.25, -0.2) is 0 Å². The molecule has 152 valence electrons. The second-order valence-electron chi connectivity index (χ2n) is 7.44. The fourth-order valence-electron chi connectivity index (χ4n) is 4.05. The van der Waals surface area contributed by atoms with E-state index >= 15 is 0 Å². The summed E-state index contributed by atoms with van der Waals surface area (Å²) in [7, 11) is 2.10. The second-order valence-corrected chi connectivity index (χ2v) is 7.88. The van der Waals surface area contributed by atoms with Gasteiger partial charge in [0.05, 0.1) is 21.9 Å². The van der Waals surface area contributed by atoms with Gasteiger partial charge in [0.2, 0.25) is 0 Å². The Kier molecular flexibility index (Phi) is 4.81. The Balaban J connectivity index is 1.43. The van der Waals surface area contributed by atoms with E-state index in [1.54, 1.807) is 35.2 Å². The molecule has 7 heteroatoms. The van der Waals surface area contributed by atoms with E-state index in [0.29, 0.717) is 10.8 Å². The largest absolute Gasteiger partial charge is 0.487 e. The smallest absolute Gasteiger partial charge is 0.258 e. The highest BCUT2D eigenvalue weighted by molar-refractivity contribution is 6.30. The maximum absolute atomic E-state index is 12.7. The fraction of sp³-hybridized carbons (Fsp3) is 0.217. The standard InChI is InChI=1S/C23H21ClN4O2/c1-27-21-6-8-25-13-20(21)19-5-4-17(10-22(19)27)28-9-7-18(11-23(28)29)30-14-16-3-2-15(24)12-26-16/h2-5,7,9-12,25H,6,8,13-14H2,1H3. The Bertz CT molecular complexity index is 1290. The highest BCUT2D eigenvalue weighted by atomic mass is 35.5. The van der Waals surface area contributed by atoms with Crippen LogP contribution in [0.5, 0.6) is 5.75 Å². The number of nitrogens with zero attached hydrogens (tertiary/aromatic N) is 3. The molecule has 6 nitrogen and oxygen atoms in total. The summed E-state index contributed by atoms with van der Waals surface area (Å²) in [5.41, 5.74) is 5.31. The molecule has 4 aromatic rings. The van der Waals surface area contributed by atoms with Crippen LogP contribution in [0.1, 0.15) is 17.0 Å². The molecule has 0 aliphatic carbocycles. The summed E-state index contributed by atoms with van der Waals surface area (Å²) < 4.78 is 9.60. The third-order valence-electron chi connectivity index (χ3n) is 5.61. The number of pyridine rings is 2. The molecule has 1 aliphatic heterocycles. The first-order valence-corrected chi connectivity index (χ1v) is 10.3. The van der Waals surface area contributed by atoms with Crippen LogP contribution in [0.4, 0.5) is 0 Å². The van der Waals surface area contributed by atoms with Crippen molar-refractivity contribution in [3.05, 3.63) is 87.2 Å². The summed E-state index contributed by atoms with van der Waals surface area (Å²) in [5, 5.41) is 5.26. The van der Waals surface area contributed by atoms with Gasteiger partial charge in [0.1, 0.15) is 12.4 Å². The number of benzene rings is 1. The van der Waals surface area contributed by atoms with Crippen LogP contribution in [0, 0.1) is 0 Å². The van der Waals surface area contributed by atoms with Gasteiger partial charge in [0, 0.05) is 56.1 Å². The number of aromatic nitrogens is 3. The van der Waals surface area contributed by atoms with Crippen molar-refractivity contribution in [1.29, 1.82) is 0 Å². The van der Waals surface area contributed by atoms with Gasteiger partial charge in [0.15, 0.2) is 0 Å².